The van der Waals surface area contributed by atoms with E-state index in [0.717, 1.165) is 30.9 Å². The molecule has 0 aliphatic carbocycles. The molecule has 1 amide bonds. The van der Waals surface area contributed by atoms with Gasteiger partial charge >= 0.3 is 0 Å². The lowest BCUT2D eigenvalue weighted by Crippen LogP contribution is -2.23. The summed E-state index contributed by atoms with van der Waals surface area (Å²) in [7, 11) is 0. The van der Waals surface area contributed by atoms with Crippen LogP contribution in [-0.2, 0) is 11.2 Å². The van der Waals surface area contributed by atoms with Gasteiger partial charge in [0.25, 0.3) is 0 Å². The molecule has 1 aromatic carbocycles. The van der Waals surface area contributed by atoms with Gasteiger partial charge in [-0.15, -0.1) is 0 Å². The first-order valence-corrected chi connectivity index (χ1v) is 7.34. The molecule has 1 heterocycles. The maximum absolute atomic E-state index is 12.1. The number of fused-ring (bicyclic) bond motifs is 1. The zero-order chi connectivity index (χ0) is 14.5. The van der Waals surface area contributed by atoms with Gasteiger partial charge in [-0.2, -0.15) is 0 Å². The van der Waals surface area contributed by atoms with Gasteiger partial charge < -0.3 is 15.8 Å². The number of ether oxygens (including phenoxy) is 1. The molecule has 1 aliphatic rings. The molecule has 1 atom stereocenters. The molecule has 0 aromatic heterocycles. The van der Waals surface area contributed by atoms with E-state index in [1.54, 1.807) is 0 Å². The Morgan fingerprint density at radius 3 is 2.95 bits per heavy atom. The van der Waals surface area contributed by atoms with Gasteiger partial charge in [-0.1, -0.05) is 13.8 Å². The molecule has 1 aromatic rings. The van der Waals surface area contributed by atoms with Crippen molar-refractivity contribution in [3.05, 3.63) is 23.8 Å². The highest BCUT2D eigenvalue weighted by molar-refractivity contribution is 5.91. The van der Waals surface area contributed by atoms with Gasteiger partial charge in [0.2, 0.25) is 5.91 Å². The molecular weight excluding hydrogens is 252 g/mol. The second kappa shape index (κ2) is 6.75. The number of benzene rings is 1. The fraction of sp³-hybridized carbons (Fsp3) is 0.562. The Kier molecular flexibility index (Phi) is 5.01. The van der Waals surface area contributed by atoms with Crippen molar-refractivity contribution in [3.8, 4) is 5.75 Å². The van der Waals surface area contributed by atoms with E-state index in [1.165, 1.54) is 5.56 Å². The van der Waals surface area contributed by atoms with Gasteiger partial charge in [0, 0.05) is 18.5 Å². The third kappa shape index (κ3) is 3.97. The minimum atomic E-state index is 0.0416. The maximum atomic E-state index is 12.1. The molecule has 20 heavy (non-hydrogen) atoms. The summed E-state index contributed by atoms with van der Waals surface area (Å²) < 4.78 is 5.45. The summed E-state index contributed by atoms with van der Waals surface area (Å²) >= 11 is 0. The van der Waals surface area contributed by atoms with Crippen LogP contribution in [0.3, 0.4) is 0 Å². The summed E-state index contributed by atoms with van der Waals surface area (Å²) in [4.78, 5) is 12.1. The van der Waals surface area contributed by atoms with Crippen LogP contribution in [0.5, 0.6) is 5.75 Å². The van der Waals surface area contributed by atoms with Crippen LogP contribution in [0.2, 0.25) is 0 Å². The lowest BCUT2D eigenvalue weighted by molar-refractivity contribution is -0.117. The molecule has 1 aliphatic heterocycles. The lowest BCUT2D eigenvalue weighted by atomic mass is 9.94. The Hall–Kier alpha value is -1.55. The standard InChI is InChI=1S/C16H24N2O2/c1-11(2)7-12(10-17)8-16(19)18-14-3-4-15-13(9-14)5-6-20-15/h3-4,9,11-12H,5-8,10,17H2,1-2H3,(H,18,19)/t12-/m0/s1. The Labute approximate surface area is 120 Å². The predicted octanol–water partition coefficient (Wildman–Crippen LogP) is 2.57. The molecule has 3 N–H and O–H groups in total. The minimum absolute atomic E-state index is 0.0416. The summed E-state index contributed by atoms with van der Waals surface area (Å²) in [5, 5.41) is 2.96. The Bertz CT molecular complexity index is 472. The highest BCUT2D eigenvalue weighted by Gasteiger charge is 2.16. The molecule has 0 unspecified atom stereocenters. The van der Waals surface area contributed by atoms with E-state index in [0.29, 0.717) is 18.9 Å². The van der Waals surface area contributed by atoms with Crippen LogP contribution in [0.15, 0.2) is 18.2 Å². The fourth-order valence-corrected chi connectivity index (χ4v) is 2.67. The van der Waals surface area contributed by atoms with Crippen LogP contribution in [-0.4, -0.2) is 19.1 Å². The molecule has 0 fully saturated rings. The third-order valence-corrected chi connectivity index (χ3v) is 3.59. The minimum Gasteiger partial charge on any atom is -0.493 e. The average molecular weight is 276 g/mol. The summed E-state index contributed by atoms with van der Waals surface area (Å²) in [6, 6.07) is 5.81. The Morgan fingerprint density at radius 2 is 2.25 bits per heavy atom. The van der Waals surface area contributed by atoms with E-state index in [2.05, 4.69) is 19.2 Å². The maximum Gasteiger partial charge on any atom is 0.224 e. The first-order valence-electron chi connectivity index (χ1n) is 7.34. The normalized spacial score (nSPS) is 14.8. The number of nitrogens with two attached hydrogens (primary N) is 1. The highest BCUT2D eigenvalue weighted by atomic mass is 16.5. The van der Waals surface area contributed by atoms with Crippen LogP contribution in [0.4, 0.5) is 5.69 Å². The molecule has 4 heteroatoms. The number of carbonyl (C=O) groups excluding carboxylic acids is 1. The van der Waals surface area contributed by atoms with Crippen molar-refractivity contribution < 1.29 is 9.53 Å². The van der Waals surface area contributed by atoms with Crippen LogP contribution in [0.25, 0.3) is 0 Å². The topological polar surface area (TPSA) is 64.4 Å². The van der Waals surface area contributed by atoms with Crippen LogP contribution in [0.1, 0.15) is 32.3 Å². The van der Waals surface area contributed by atoms with Gasteiger partial charge in [-0.25, -0.2) is 0 Å². The van der Waals surface area contributed by atoms with E-state index in [-0.39, 0.29) is 11.8 Å². The van der Waals surface area contributed by atoms with Gasteiger partial charge in [0.05, 0.1) is 6.61 Å². The molecule has 0 saturated heterocycles. The lowest BCUT2D eigenvalue weighted by Gasteiger charge is -2.16. The SMILES string of the molecule is CC(C)C[C@H](CN)CC(=O)Nc1ccc2c(c1)CCO2. The van der Waals surface area contributed by atoms with Crippen LogP contribution >= 0.6 is 0 Å². The van der Waals surface area contributed by atoms with Gasteiger partial charge in [0.15, 0.2) is 0 Å². The van der Waals surface area contributed by atoms with E-state index >= 15 is 0 Å². The monoisotopic (exact) mass is 276 g/mol. The van der Waals surface area contributed by atoms with Gasteiger partial charge in [-0.05, 0) is 48.6 Å². The zero-order valence-corrected chi connectivity index (χ0v) is 12.3. The molecule has 0 radical (unpaired) electrons. The Balaban J connectivity index is 1.90. The molecule has 0 bridgehead atoms. The number of amides is 1. The van der Waals surface area contributed by atoms with Gasteiger partial charge in [-0.3, -0.25) is 4.79 Å². The van der Waals surface area contributed by atoms with Crippen molar-refractivity contribution in [1.82, 2.24) is 0 Å². The highest BCUT2D eigenvalue weighted by Crippen LogP contribution is 2.28. The third-order valence-electron chi connectivity index (χ3n) is 3.59. The van der Waals surface area contributed by atoms with Crippen molar-refractivity contribution in [2.75, 3.05) is 18.5 Å². The van der Waals surface area contributed by atoms with Crippen molar-refractivity contribution in [2.24, 2.45) is 17.6 Å². The van der Waals surface area contributed by atoms with E-state index in [4.69, 9.17) is 10.5 Å². The first-order chi connectivity index (χ1) is 9.58. The van der Waals surface area contributed by atoms with E-state index < -0.39 is 0 Å². The Morgan fingerprint density at radius 1 is 1.45 bits per heavy atom. The molecular formula is C16H24N2O2. The fourth-order valence-electron chi connectivity index (χ4n) is 2.67. The average Bonchev–Trinajstić information content (AvgIpc) is 2.84. The van der Waals surface area contributed by atoms with Gasteiger partial charge in [0.1, 0.15) is 5.75 Å². The number of rotatable bonds is 6. The summed E-state index contributed by atoms with van der Waals surface area (Å²) in [5.41, 5.74) is 7.75. The quantitative estimate of drug-likeness (QED) is 0.839. The summed E-state index contributed by atoms with van der Waals surface area (Å²) in [5.74, 6) is 1.80. The van der Waals surface area contributed by atoms with Crippen molar-refractivity contribution in [2.45, 2.75) is 33.1 Å². The molecule has 2 rings (SSSR count). The van der Waals surface area contributed by atoms with E-state index in [1.807, 2.05) is 18.2 Å². The van der Waals surface area contributed by atoms with Crippen molar-refractivity contribution in [3.63, 3.8) is 0 Å². The first kappa shape index (κ1) is 14.9. The molecule has 0 saturated carbocycles. The molecule has 110 valence electrons. The largest absolute Gasteiger partial charge is 0.493 e. The number of anilines is 1. The van der Waals surface area contributed by atoms with E-state index in [9.17, 15) is 4.79 Å². The second-order valence-corrected chi connectivity index (χ2v) is 5.90. The number of hydrogen-bond donors (Lipinski definition) is 2. The summed E-state index contributed by atoms with van der Waals surface area (Å²) in [6.45, 7) is 5.60. The molecule has 0 spiro atoms. The van der Waals surface area contributed by atoms with Crippen LogP contribution in [0, 0.1) is 11.8 Å². The van der Waals surface area contributed by atoms with Crippen molar-refractivity contribution >= 4 is 11.6 Å². The second-order valence-electron chi connectivity index (χ2n) is 5.90. The molecule has 4 nitrogen and oxygen atoms in total. The van der Waals surface area contributed by atoms with Crippen LogP contribution < -0.4 is 15.8 Å². The number of carbonyl (C=O) groups is 1. The number of hydrogen-bond acceptors (Lipinski definition) is 3. The number of nitrogens with one attached hydrogen (secondary N) is 1. The smallest absolute Gasteiger partial charge is 0.224 e. The zero-order valence-electron chi connectivity index (χ0n) is 12.3. The predicted molar refractivity (Wildman–Crippen MR) is 80.9 cm³/mol. The summed E-state index contributed by atoms with van der Waals surface area (Å²) in [6.07, 6.45) is 2.39. The van der Waals surface area contributed by atoms with Crippen molar-refractivity contribution in [1.29, 1.82) is 0 Å².